The largest absolute Gasteiger partial charge is 0.276 e. The van der Waals surface area contributed by atoms with E-state index in [1.165, 1.54) is 106 Å². The van der Waals surface area contributed by atoms with Gasteiger partial charge in [-0.15, -0.1) is 0 Å². The van der Waals surface area contributed by atoms with E-state index in [4.69, 9.17) is 11.6 Å². The van der Waals surface area contributed by atoms with E-state index < -0.39 is 0 Å². The second-order valence-corrected chi connectivity index (χ2v) is 19.5. The second-order valence-electron chi connectivity index (χ2n) is 19.5. The van der Waals surface area contributed by atoms with Gasteiger partial charge in [0.1, 0.15) is 6.04 Å². The molecule has 0 aromatic heterocycles. The average molecular weight is 832 g/mol. The molecule has 1 heteroatoms. The Kier molecular flexibility index (Phi) is 8.30. The molecular weight excluding hydrogens is 783 g/mol. The predicted octanol–water partition coefficient (Wildman–Crippen LogP) is 15.7. The predicted molar refractivity (Wildman–Crippen MR) is 271 cm³/mol. The molecule has 0 bridgehead atoms. The fourth-order valence-corrected chi connectivity index (χ4v) is 12.7. The molecule has 6 aliphatic carbocycles. The van der Waals surface area contributed by atoms with Crippen molar-refractivity contribution in [3.63, 3.8) is 0 Å². The Hall–Kier alpha value is -7.09. The normalized spacial score (nSPS) is 22.8. The monoisotopic (exact) mass is 831 g/mol. The zero-order valence-corrected chi connectivity index (χ0v) is 36.6. The molecule has 7 aliphatic rings. The molecule has 7 aromatic rings. The van der Waals surface area contributed by atoms with E-state index in [2.05, 4.69) is 182 Å². The number of rotatable bonds is 5. The number of fused-ring (bicyclic) bond motifs is 11. The number of allylic oxidation sites excluding steroid dienone is 7. The van der Waals surface area contributed by atoms with Crippen molar-refractivity contribution in [2.24, 2.45) is 10.9 Å². The van der Waals surface area contributed by atoms with Crippen molar-refractivity contribution in [3.05, 3.63) is 260 Å². The van der Waals surface area contributed by atoms with Crippen LogP contribution in [0.1, 0.15) is 122 Å². The van der Waals surface area contributed by atoms with Crippen LogP contribution >= 0.6 is 0 Å². The second kappa shape index (κ2) is 14.5. The van der Waals surface area contributed by atoms with Crippen molar-refractivity contribution in [1.29, 1.82) is 0 Å². The first-order chi connectivity index (χ1) is 32.1. The van der Waals surface area contributed by atoms with E-state index in [-0.39, 0.29) is 17.9 Å². The summed E-state index contributed by atoms with van der Waals surface area (Å²) in [5.41, 5.74) is 27.4. The molecule has 0 saturated heterocycles. The molecule has 0 spiro atoms. The van der Waals surface area contributed by atoms with Crippen LogP contribution in [0.25, 0.3) is 45.2 Å². The van der Waals surface area contributed by atoms with Gasteiger partial charge in [0.2, 0.25) is 0 Å². The quantitative estimate of drug-likeness (QED) is 0.164. The van der Waals surface area contributed by atoms with Crippen molar-refractivity contribution in [1.82, 2.24) is 0 Å². The minimum absolute atomic E-state index is 0.171. The van der Waals surface area contributed by atoms with Gasteiger partial charge in [0.15, 0.2) is 0 Å². The Morgan fingerprint density at radius 1 is 0.585 bits per heavy atom. The lowest BCUT2D eigenvalue weighted by molar-refractivity contribution is 0.783. The first kappa shape index (κ1) is 37.3. The summed E-state index contributed by atoms with van der Waals surface area (Å²) in [5.74, 6) is 1.87. The summed E-state index contributed by atoms with van der Waals surface area (Å²) in [6.07, 6.45) is 23.2. The molecule has 0 amide bonds. The maximum absolute atomic E-state index is 5.51. The van der Waals surface area contributed by atoms with Crippen LogP contribution < -0.4 is 0 Å². The van der Waals surface area contributed by atoms with Gasteiger partial charge in [-0.25, -0.2) is 0 Å². The number of benzene rings is 7. The van der Waals surface area contributed by atoms with E-state index in [1.807, 2.05) is 0 Å². The van der Waals surface area contributed by atoms with E-state index in [0.29, 0.717) is 5.92 Å². The van der Waals surface area contributed by atoms with Gasteiger partial charge >= 0.3 is 0 Å². The Balaban J connectivity index is 0.948. The lowest BCUT2D eigenvalue weighted by Gasteiger charge is -2.33. The molecule has 310 valence electrons. The van der Waals surface area contributed by atoms with Crippen LogP contribution in [0.2, 0.25) is 0 Å². The van der Waals surface area contributed by atoms with Gasteiger partial charge in [-0.1, -0.05) is 177 Å². The summed E-state index contributed by atoms with van der Waals surface area (Å²) < 4.78 is 0. The minimum atomic E-state index is -0.178. The van der Waals surface area contributed by atoms with Gasteiger partial charge in [0.25, 0.3) is 0 Å². The lowest BCUT2D eigenvalue weighted by Crippen LogP contribution is -2.17. The highest BCUT2D eigenvalue weighted by atomic mass is 14.8. The zero-order valence-electron chi connectivity index (χ0n) is 36.6. The highest BCUT2D eigenvalue weighted by Crippen LogP contribution is 2.59. The minimum Gasteiger partial charge on any atom is -0.276 e. The third-order valence-corrected chi connectivity index (χ3v) is 16.0. The smallest absolute Gasteiger partial charge is 0.100 e. The summed E-state index contributed by atoms with van der Waals surface area (Å²) in [6, 6.07) is 52.8. The molecule has 1 fully saturated rings. The van der Waals surface area contributed by atoms with Crippen LogP contribution in [0.15, 0.2) is 193 Å². The van der Waals surface area contributed by atoms with Crippen LogP contribution in [-0.2, 0) is 12.8 Å². The fourth-order valence-electron chi connectivity index (χ4n) is 12.7. The first-order valence-corrected chi connectivity index (χ1v) is 23.9. The molecule has 65 heavy (non-hydrogen) atoms. The molecule has 1 aliphatic heterocycles. The van der Waals surface area contributed by atoms with Crippen LogP contribution in [-0.4, -0.2) is 5.71 Å². The number of nitrogens with zero attached hydrogens (tertiary/aromatic N) is 1. The number of hydrogen-bond acceptors (Lipinski definition) is 1. The highest BCUT2D eigenvalue weighted by molar-refractivity contribution is 6.04. The number of aryl methyl sites for hydroxylation is 1. The summed E-state index contributed by atoms with van der Waals surface area (Å²) in [4.78, 5) is 5.51. The Morgan fingerprint density at radius 2 is 1.40 bits per heavy atom. The fraction of sp³-hybridized carbons (Fsp3) is 0.172. The average Bonchev–Trinajstić information content (AvgIpc) is 3.96. The summed E-state index contributed by atoms with van der Waals surface area (Å²) in [7, 11) is 0. The third-order valence-electron chi connectivity index (χ3n) is 16.0. The van der Waals surface area contributed by atoms with Gasteiger partial charge in [0, 0.05) is 24.0 Å². The summed E-state index contributed by atoms with van der Waals surface area (Å²) in [5, 5.41) is 2.62. The van der Waals surface area contributed by atoms with Crippen LogP contribution in [0.5, 0.6) is 0 Å². The summed E-state index contributed by atoms with van der Waals surface area (Å²) in [6.45, 7) is 4.90. The van der Waals surface area contributed by atoms with Gasteiger partial charge < -0.3 is 0 Å². The Bertz CT molecular complexity index is 3400. The molecule has 5 unspecified atom stereocenters. The van der Waals surface area contributed by atoms with E-state index in [0.717, 1.165) is 49.3 Å². The first-order valence-electron chi connectivity index (χ1n) is 23.9. The maximum atomic E-state index is 5.51. The van der Waals surface area contributed by atoms with E-state index in [1.54, 1.807) is 11.1 Å². The molecule has 14 rings (SSSR count). The molecule has 7 aromatic carbocycles. The van der Waals surface area contributed by atoms with Gasteiger partial charge in [-0.2, -0.15) is 0 Å². The van der Waals surface area contributed by atoms with Crippen LogP contribution in [0, 0.1) is 5.92 Å². The molecule has 1 nitrogen and oxygen atoms in total. The Labute approximate surface area is 382 Å². The van der Waals surface area contributed by atoms with Crippen molar-refractivity contribution in [3.8, 4) is 11.1 Å². The molecular formula is C64H49N. The Morgan fingerprint density at radius 3 is 2.28 bits per heavy atom. The van der Waals surface area contributed by atoms with Gasteiger partial charge in [-0.05, 0) is 173 Å². The van der Waals surface area contributed by atoms with Gasteiger partial charge in [-0.3, -0.25) is 4.99 Å². The standard InChI is InChI=1S/C64H49N/c1-38-48(29-30-61(39-13-4-2-5-14-39)65-64(38)40-15-6-3-7-16-40)46-32-43-19-10-11-20-49(43)58(36-46)60-37-47-31-41-17-8-9-18-42(41)33-57(47)51-25-24-45(35-59(51)60)62-52-21-12-22-53(52)63-54-26-23-44-34-56(44)50(54)27-28-55(62)63/h2-9,11-18,20,22-29,31-33,35-36,44,56,60,62,64H,1,10,19,21,30,34,37H2. The molecule has 0 N–H and O–H groups in total. The molecule has 1 heterocycles. The van der Waals surface area contributed by atoms with Crippen molar-refractivity contribution < 1.29 is 0 Å². The highest BCUT2D eigenvalue weighted by Gasteiger charge is 2.43. The van der Waals surface area contributed by atoms with Crippen LogP contribution in [0.4, 0.5) is 0 Å². The third kappa shape index (κ3) is 5.87. The number of aliphatic imine (C=N–C) groups is 1. The van der Waals surface area contributed by atoms with Crippen LogP contribution in [0.3, 0.4) is 0 Å². The van der Waals surface area contributed by atoms with Crippen molar-refractivity contribution in [2.75, 3.05) is 0 Å². The lowest BCUT2D eigenvalue weighted by atomic mass is 9.71. The van der Waals surface area contributed by atoms with Crippen molar-refractivity contribution >= 4 is 39.8 Å². The SMILES string of the molecule is C=C1C(c2cc3c(c(C4Cc5cc6ccccc6cc5-c5ccc(C6C7=C(C=CC7)c7c6ccc6c7C=CC7CC67)cc54)c2)C=CCC3)=CCC(c2ccccc2)=NC1c1ccccc1. The molecule has 1 saturated carbocycles. The van der Waals surface area contributed by atoms with E-state index >= 15 is 0 Å². The van der Waals surface area contributed by atoms with E-state index in [9.17, 15) is 0 Å². The topological polar surface area (TPSA) is 12.4 Å². The van der Waals surface area contributed by atoms with Gasteiger partial charge in [0.05, 0.1) is 0 Å². The maximum Gasteiger partial charge on any atom is 0.100 e. The number of hydrogen-bond donors (Lipinski definition) is 0. The molecule has 5 atom stereocenters. The summed E-state index contributed by atoms with van der Waals surface area (Å²) >= 11 is 0. The van der Waals surface area contributed by atoms with Crippen molar-refractivity contribution in [2.45, 2.75) is 62.3 Å². The molecule has 0 radical (unpaired) electrons. The zero-order chi connectivity index (χ0) is 42.8.